The molecule has 0 aliphatic rings. The fraction of sp³-hybridized carbons (Fsp3) is 0.750. The molecule has 3 nitrogen and oxygen atoms in total. The Hall–Kier alpha value is -0.640. The van der Waals surface area contributed by atoms with Gasteiger partial charge in [-0.2, -0.15) is 11.8 Å². The highest BCUT2D eigenvalue weighted by Crippen LogP contribution is 2.12. The highest BCUT2D eigenvalue weighted by molar-refractivity contribution is 7.98. The number of nitrogens with one attached hydrogen (secondary N) is 1. The summed E-state index contributed by atoms with van der Waals surface area (Å²) in [5.41, 5.74) is 0. The van der Waals surface area contributed by atoms with E-state index >= 15 is 0 Å². The Morgan fingerprint density at radius 3 is 2.81 bits per heavy atom. The molecule has 1 aromatic heterocycles. The van der Waals surface area contributed by atoms with Gasteiger partial charge in [0.05, 0.1) is 0 Å². The van der Waals surface area contributed by atoms with Crippen LogP contribution in [-0.4, -0.2) is 27.6 Å². The van der Waals surface area contributed by atoms with Gasteiger partial charge in [-0.05, 0) is 18.6 Å². The second kappa shape index (κ2) is 6.84. The molecule has 1 unspecified atom stereocenters. The van der Waals surface area contributed by atoms with Gasteiger partial charge in [-0.15, -0.1) is 0 Å². The van der Waals surface area contributed by atoms with Gasteiger partial charge in [-0.25, -0.2) is 4.98 Å². The fourth-order valence-corrected chi connectivity index (χ4v) is 2.36. The van der Waals surface area contributed by atoms with Crippen molar-refractivity contribution >= 4 is 17.7 Å². The Kier molecular flexibility index (Phi) is 5.74. The van der Waals surface area contributed by atoms with Gasteiger partial charge in [0.15, 0.2) is 0 Å². The molecule has 16 heavy (non-hydrogen) atoms. The van der Waals surface area contributed by atoms with Crippen molar-refractivity contribution in [2.45, 2.75) is 39.8 Å². The van der Waals surface area contributed by atoms with Gasteiger partial charge in [-0.3, -0.25) is 0 Å². The van der Waals surface area contributed by atoms with E-state index in [0.717, 1.165) is 24.7 Å². The highest BCUT2D eigenvalue weighted by atomic mass is 32.2. The first-order valence-corrected chi connectivity index (χ1v) is 7.33. The first-order chi connectivity index (χ1) is 7.67. The van der Waals surface area contributed by atoms with E-state index in [-0.39, 0.29) is 0 Å². The van der Waals surface area contributed by atoms with Crippen LogP contribution in [-0.2, 0) is 6.54 Å². The summed E-state index contributed by atoms with van der Waals surface area (Å²) in [6.45, 7) is 7.69. The first-order valence-electron chi connectivity index (χ1n) is 5.94. The van der Waals surface area contributed by atoms with Crippen molar-refractivity contribution in [3.8, 4) is 0 Å². The molecule has 0 radical (unpaired) electrons. The quantitative estimate of drug-likeness (QED) is 0.795. The Balaban J connectivity index is 2.61. The van der Waals surface area contributed by atoms with Crippen LogP contribution in [0.1, 0.15) is 27.2 Å². The van der Waals surface area contributed by atoms with E-state index in [0.29, 0.717) is 12.0 Å². The monoisotopic (exact) mass is 241 g/mol. The SMILES string of the molecule is CCC(CSC)Nc1nccn1CC(C)C. The van der Waals surface area contributed by atoms with Gasteiger partial charge >= 0.3 is 0 Å². The molecule has 0 saturated heterocycles. The van der Waals surface area contributed by atoms with E-state index < -0.39 is 0 Å². The Morgan fingerprint density at radius 2 is 2.25 bits per heavy atom. The van der Waals surface area contributed by atoms with E-state index in [2.05, 4.69) is 41.9 Å². The minimum absolute atomic E-state index is 0.517. The summed E-state index contributed by atoms with van der Waals surface area (Å²) in [5.74, 6) is 2.79. The normalized spacial score (nSPS) is 13.1. The molecule has 0 fully saturated rings. The second-order valence-corrected chi connectivity index (χ2v) is 5.41. The molecule has 0 aromatic carbocycles. The summed E-state index contributed by atoms with van der Waals surface area (Å²) < 4.78 is 2.20. The summed E-state index contributed by atoms with van der Waals surface area (Å²) in [6, 6.07) is 0.517. The van der Waals surface area contributed by atoms with E-state index in [1.807, 2.05) is 24.2 Å². The van der Waals surface area contributed by atoms with Crippen molar-refractivity contribution in [3.63, 3.8) is 0 Å². The first kappa shape index (κ1) is 13.4. The molecule has 0 aliphatic carbocycles. The van der Waals surface area contributed by atoms with E-state index in [1.165, 1.54) is 0 Å². The van der Waals surface area contributed by atoms with Gasteiger partial charge in [0, 0.05) is 30.7 Å². The van der Waals surface area contributed by atoms with Crippen LogP contribution in [0, 0.1) is 5.92 Å². The van der Waals surface area contributed by atoms with Gasteiger partial charge in [0.25, 0.3) is 0 Å². The van der Waals surface area contributed by atoms with Crippen LogP contribution in [0.2, 0.25) is 0 Å². The number of rotatable bonds is 7. The third-order valence-corrected chi connectivity index (χ3v) is 3.21. The number of hydrogen-bond donors (Lipinski definition) is 1. The summed E-state index contributed by atoms with van der Waals surface area (Å²) >= 11 is 1.88. The Bertz CT molecular complexity index is 296. The number of aromatic nitrogens is 2. The zero-order valence-corrected chi connectivity index (χ0v) is 11.5. The van der Waals surface area contributed by atoms with E-state index in [4.69, 9.17) is 0 Å². The van der Waals surface area contributed by atoms with Crippen molar-refractivity contribution in [1.29, 1.82) is 0 Å². The van der Waals surface area contributed by atoms with Gasteiger partial charge in [0.2, 0.25) is 5.95 Å². The molecule has 0 spiro atoms. The molecule has 1 aromatic rings. The third-order valence-electron chi connectivity index (χ3n) is 2.47. The smallest absolute Gasteiger partial charge is 0.203 e. The number of nitrogens with zero attached hydrogens (tertiary/aromatic N) is 2. The van der Waals surface area contributed by atoms with Crippen molar-refractivity contribution in [1.82, 2.24) is 9.55 Å². The maximum absolute atomic E-state index is 4.38. The molecule has 1 heterocycles. The number of anilines is 1. The predicted molar refractivity (Wildman–Crippen MR) is 73.1 cm³/mol. The lowest BCUT2D eigenvalue weighted by molar-refractivity contribution is 0.524. The molecule has 1 atom stereocenters. The molecule has 0 amide bonds. The predicted octanol–water partition coefficient (Wildman–Crippen LogP) is 3.09. The average Bonchev–Trinajstić information content (AvgIpc) is 2.64. The molecule has 0 saturated carbocycles. The number of thioether (sulfide) groups is 1. The number of hydrogen-bond acceptors (Lipinski definition) is 3. The molecule has 4 heteroatoms. The van der Waals surface area contributed by atoms with E-state index in [1.54, 1.807) is 0 Å². The lowest BCUT2D eigenvalue weighted by Crippen LogP contribution is -2.24. The van der Waals surface area contributed by atoms with Crippen LogP contribution in [0.15, 0.2) is 12.4 Å². The van der Waals surface area contributed by atoms with Crippen LogP contribution in [0.5, 0.6) is 0 Å². The lowest BCUT2D eigenvalue weighted by Gasteiger charge is -2.18. The average molecular weight is 241 g/mol. The van der Waals surface area contributed by atoms with Gasteiger partial charge in [-0.1, -0.05) is 20.8 Å². The van der Waals surface area contributed by atoms with Crippen molar-refractivity contribution < 1.29 is 0 Å². The Morgan fingerprint density at radius 1 is 1.50 bits per heavy atom. The van der Waals surface area contributed by atoms with Crippen molar-refractivity contribution in [3.05, 3.63) is 12.4 Å². The van der Waals surface area contributed by atoms with Gasteiger partial charge in [0.1, 0.15) is 0 Å². The molecular weight excluding hydrogens is 218 g/mol. The zero-order chi connectivity index (χ0) is 12.0. The highest BCUT2D eigenvalue weighted by Gasteiger charge is 2.09. The van der Waals surface area contributed by atoms with Gasteiger partial charge < -0.3 is 9.88 Å². The van der Waals surface area contributed by atoms with Crippen LogP contribution >= 0.6 is 11.8 Å². The maximum Gasteiger partial charge on any atom is 0.203 e. The van der Waals surface area contributed by atoms with Crippen LogP contribution in [0.3, 0.4) is 0 Å². The molecule has 0 aliphatic heterocycles. The third kappa shape index (κ3) is 4.08. The van der Waals surface area contributed by atoms with Crippen LogP contribution in [0.4, 0.5) is 5.95 Å². The van der Waals surface area contributed by atoms with Crippen molar-refractivity contribution in [2.24, 2.45) is 5.92 Å². The zero-order valence-electron chi connectivity index (χ0n) is 10.7. The molecule has 1 rings (SSSR count). The summed E-state index contributed by atoms with van der Waals surface area (Å²) in [4.78, 5) is 4.38. The molecule has 1 N–H and O–H groups in total. The van der Waals surface area contributed by atoms with Crippen molar-refractivity contribution in [2.75, 3.05) is 17.3 Å². The largest absolute Gasteiger partial charge is 0.352 e. The molecule has 92 valence electrons. The minimum Gasteiger partial charge on any atom is -0.352 e. The molecular formula is C12H23N3S. The second-order valence-electron chi connectivity index (χ2n) is 4.50. The summed E-state index contributed by atoms with van der Waals surface area (Å²) in [6.07, 6.45) is 7.20. The minimum atomic E-state index is 0.517. The Labute approximate surface area is 103 Å². The number of imidazole rings is 1. The summed E-state index contributed by atoms with van der Waals surface area (Å²) in [5, 5.41) is 3.51. The maximum atomic E-state index is 4.38. The van der Waals surface area contributed by atoms with Crippen LogP contribution < -0.4 is 5.32 Å². The lowest BCUT2D eigenvalue weighted by atomic mass is 10.2. The summed E-state index contributed by atoms with van der Waals surface area (Å²) in [7, 11) is 0. The standard InChI is InChI=1S/C12H23N3S/c1-5-11(9-16-4)14-12-13-6-7-15(12)8-10(2)3/h6-7,10-11H,5,8-9H2,1-4H3,(H,13,14). The topological polar surface area (TPSA) is 29.9 Å². The van der Waals surface area contributed by atoms with Crippen LogP contribution in [0.25, 0.3) is 0 Å². The fourth-order valence-electron chi connectivity index (χ4n) is 1.64. The molecule has 0 bridgehead atoms. The van der Waals surface area contributed by atoms with E-state index in [9.17, 15) is 0 Å².